The van der Waals surface area contributed by atoms with Gasteiger partial charge in [-0.1, -0.05) is 29.8 Å². The molecule has 0 aliphatic carbocycles. The van der Waals surface area contributed by atoms with Crippen molar-refractivity contribution in [2.45, 2.75) is 33.4 Å². The number of rotatable bonds is 6. The second kappa shape index (κ2) is 10.7. The summed E-state index contributed by atoms with van der Waals surface area (Å²) < 4.78 is 1.92. The minimum Gasteiger partial charge on any atom is -0.354 e. The molecule has 27 heavy (non-hydrogen) atoms. The van der Waals surface area contributed by atoms with Gasteiger partial charge in [-0.15, -0.1) is 24.0 Å². The number of aliphatic imine (C=N–C) groups is 1. The molecule has 2 rings (SSSR count). The zero-order chi connectivity index (χ0) is 19.3. The third kappa shape index (κ3) is 6.21. The van der Waals surface area contributed by atoms with Crippen molar-refractivity contribution in [3.63, 3.8) is 0 Å². The number of nitrogens with zero attached hydrogens (tertiary/aromatic N) is 4. The molecule has 0 saturated carbocycles. The Hall–Kier alpha value is -1.61. The summed E-state index contributed by atoms with van der Waals surface area (Å²) in [5.74, 6) is 0.798. The van der Waals surface area contributed by atoms with E-state index in [9.17, 15) is 0 Å². The van der Waals surface area contributed by atoms with E-state index >= 15 is 0 Å². The first-order valence-electron chi connectivity index (χ1n) is 9.00. The van der Waals surface area contributed by atoms with Gasteiger partial charge < -0.3 is 15.5 Å². The van der Waals surface area contributed by atoms with Crippen LogP contribution < -0.4 is 10.6 Å². The van der Waals surface area contributed by atoms with Crippen molar-refractivity contribution in [1.82, 2.24) is 25.3 Å². The summed E-state index contributed by atoms with van der Waals surface area (Å²) in [6, 6.07) is 8.98. The third-order valence-electron chi connectivity index (χ3n) is 4.86. The zero-order valence-corrected chi connectivity index (χ0v) is 19.8. The van der Waals surface area contributed by atoms with E-state index in [4.69, 9.17) is 0 Å². The van der Waals surface area contributed by atoms with Gasteiger partial charge in [0.05, 0.1) is 11.7 Å². The van der Waals surface area contributed by atoms with E-state index in [1.54, 1.807) is 7.05 Å². The lowest BCUT2D eigenvalue weighted by molar-refractivity contribution is 0.298. The fourth-order valence-electron chi connectivity index (χ4n) is 3.05. The van der Waals surface area contributed by atoms with Crippen LogP contribution in [0.1, 0.15) is 34.1 Å². The first kappa shape index (κ1) is 23.4. The molecule has 1 atom stereocenters. The van der Waals surface area contributed by atoms with E-state index < -0.39 is 0 Å². The van der Waals surface area contributed by atoms with Crippen molar-refractivity contribution in [1.29, 1.82) is 0 Å². The Kier molecular flexibility index (Phi) is 9.25. The molecule has 0 aliphatic heterocycles. The number of hydrogen-bond acceptors (Lipinski definition) is 3. The minimum absolute atomic E-state index is 0. The summed E-state index contributed by atoms with van der Waals surface area (Å²) >= 11 is 0. The summed E-state index contributed by atoms with van der Waals surface area (Å²) in [4.78, 5) is 6.58. The standard InChI is InChI=1S/C20H32N6.HI/c1-14-8-10-17(11-9-14)19(25(5)6)13-23-20(21-4)22-12-18-15(2)24-26(7)16(18)3;/h8-11,19H,12-13H2,1-7H3,(H2,21,22,23);1H. The van der Waals surface area contributed by atoms with Crippen LogP contribution in [0.2, 0.25) is 0 Å². The molecule has 1 heterocycles. The maximum absolute atomic E-state index is 4.47. The van der Waals surface area contributed by atoms with E-state index in [2.05, 4.69) is 77.8 Å². The highest BCUT2D eigenvalue weighted by Crippen LogP contribution is 2.18. The predicted octanol–water partition coefficient (Wildman–Crippen LogP) is 2.93. The largest absolute Gasteiger partial charge is 0.354 e. The number of nitrogens with one attached hydrogen (secondary N) is 2. The average Bonchev–Trinajstić information content (AvgIpc) is 2.84. The van der Waals surface area contributed by atoms with Crippen molar-refractivity contribution >= 4 is 29.9 Å². The van der Waals surface area contributed by atoms with Crippen LogP contribution >= 0.6 is 24.0 Å². The van der Waals surface area contributed by atoms with Gasteiger partial charge in [-0.25, -0.2) is 0 Å². The van der Waals surface area contributed by atoms with Gasteiger partial charge in [0.15, 0.2) is 5.96 Å². The molecule has 6 nitrogen and oxygen atoms in total. The Labute approximate surface area is 180 Å². The summed E-state index contributed by atoms with van der Waals surface area (Å²) in [5, 5.41) is 11.3. The fourth-order valence-corrected chi connectivity index (χ4v) is 3.05. The summed E-state index contributed by atoms with van der Waals surface area (Å²) in [6.45, 7) is 7.73. The highest BCUT2D eigenvalue weighted by molar-refractivity contribution is 14.0. The average molecular weight is 484 g/mol. The molecule has 0 spiro atoms. The van der Waals surface area contributed by atoms with Gasteiger partial charge in [-0.2, -0.15) is 5.10 Å². The Morgan fingerprint density at radius 1 is 1.15 bits per heavy atom. The van der Waals surface area contributed by atoms with Crippen LogP contribution in [0, 0.1) is 20.8 Å². The van der Waals surface area contributed by atoms with Gasteiger partial charge in [0.2, 0.25) is 0 Å². The lowest BCUT2D eigenvalue weighted by atomic mass is 10.0. The number of likely N-dealkylation sites (N-methyl/N-ethyl adjacent to an activating group) is 1. The smallest absolute Gasteiger partial charge is 0.191 e. The molecular weight excluding hydrogens is 451 g/mol. The lowest BCUT2D eigenvalue weighted by Gasteiger charge is -2.26. The number of aromatic nitrogens is 2. The van der Waals surface area contributed by atoms with Crippen LogP contribution in [-0.4, -0.2) is 48.3 Å². The fraction of sp³-hybridized carbons (Fsp3) is 0.500. The first-order chi connectivity index (χ1) is 12.3. The van der Waals surface area contributed by atoms with Crippen molar-refractivity contribution in [3.05, 3.63) is 52.3 Å². The molecule has 0 aliphatic rings. The number of benzene rings is 1. The Bertz CT molecular complexity index is 749. The van der Waals surface area contributed by atoms with Crippen molar-refractivity contribution in [2.24, 2.45) is 12.0 Å². The van der Waals surface area contributed by atoms with Gasteiger partial charge in [0.25, 0.3) is 0 Å². The normalized spacial score (nSPS) is 12.7. The topological polar surface area (TPSA) is 57.5 Å². The van der Waals surface area contributed by atoms with E-state index in [0.717, 1.165) is 18.2 Å². The first-order valence-corrected chi connectivity index (χ1v) is 9.00. The van der Waals surface area contributed by atoms with Gasteiger partial charge in [0, 0.05) is 38.4 Å². The van der Waals surface area contributed by atoms with Gasteiger partial charge in [-0.05, 0) is 40.4 Å². The molecule has 1 aromatic heterocycles. The number of aryl methyl sites for hydroxylation is 3. The molecule has 150 valence electrons. The monoisotopic (exact) mass is 484 g/mol. The summed E-state index contributed by atoms with van der Waals surface area (Å²) in [5.41, 5.74) is 6.02. The Morgan fingerprint density at radius 2 is 1.78 bits per heavy atom. The van der Waals surface area contributed by atoms with Crippen LogP contribution in [0.25, 0.3) is 0 Å². The Balaban J connectivity index is 0.00000364. The molecule has 0 fully saturated rings. The number of guanidine groups is 1. The molecule has 7 heteroatoms. The molecule has 0 saturated heterocycles. The van der Waals surface area contributed by atoms with Crippen LogP contribution in [-0.2, 0) is 13.6 Å². The van der Waals surface area contributed by atoms with Crippen LogP contribution in [0.3, 0.4) is 0 Å². The van der Waals surface area contributed by atoms with Crippen LogP contribution in [0.5, 0.6) is 0 Å². The summed E-state index contributed by atoms with van der Waals surface area (Å²) in [6.07, 6.45) is 0. The van der Waals surface area contributed by atoms with E-state index in [1.165, 1.54) is 22.4 Å². The molecule has 2 N–H and O–H groups in total. The SMILES string of the molecule is CN=C(NCc1c(C)nn(C)c1C)NCC(c1ccc(C)cc1)N(C)C.I. The van der Waals surface area contributed by atoms with E-state index in [-0.39, 0.29) is 30.0 Å². The molecule has 2 aromatic rings. The molecular formula is C20H33IN6. The molecule has 0 bridgehead atoms. The maximum atomic E-state index is 4.47. The van der Waals surface area contributed by atoms with E-state index in [0.29, 0.717) is 6.54 Å². The van der Waals surface area contributed by atoms with Gasteiger partial charge in [-0.3, -0.25) is 9.67 Å². The molecule has 1 unspecified atom stereocenters. The van der Waals surface area contributed by atoms with Crippen molar-refractivity contribution in [2.75, 3.05) is 27.7 Å². The highest BCUT2D eigenvalue weighted by Gasteiger charge is 2.15. The summed E-state index contributed by atoms with van der Waals surface area (Å²) in [7, 11) is 7.98. The predicted molar refractivity (Wildman–Crippen MR) is 124 cm³/mol. The van der Waals surface area contributed by atoms with Crippen LogP contribution in [0.15, 0.2) is 29.3 Å². The van der Waals surface area contributed by atoms with Gasteiger partial charge >= 0.3 is 0 Å². The lowest BCUT2D eigenvalue weighted by Crippen LogP contribution is -2.41. The minimum atomic E-state index is 0. The quantitative estimate of drug-likeness (QED) is 0.376. The molecule has 1 aromatic carbocycles. The van der Waals surface area contributed by atoms with Crippen molar-refractivity contribution < 1.29 is 0 Å². The second-order valence-electron chi connectivity index (χ2n) is 6.97. The molecule has 0 radical (unpaired) electrons. The third-order valence-corrected chi connectivity index (χ3v) is 4.86. The van der Waals surface area contributed by atoms with E-state index in [1.807, 2.05) is 18.7 Å². The molecule has 0 amide bonds. The number of halogens is 1. The van der Waals surface area contributed by atoms with Gasteiger partial charge in [0.1, 0.15) is 0 Å². The maximum Gasteiger partial charge on any atom is 0.191 e. The van der Waals surface area contributed by atoms with Crippen molar-refractivity contribution in [3.8, 4) is 0 Å². The Morgan fingerprint density at radius 3 is 2.26 bits per heavy atom. The zero-order valence-electron chi connectivity index (χ0n) is 17.5. The van der Waals surface area contributed by atoms with Crippen LogP contribution in [0.4, 0.5) is 0 Å². The second-order valence-corrected chi connectivity index (χ2v) is 6.97. The number of hydrogen-bond donors (Lipinski definition) is 2. The highest BCUT2D eigenvalue weighted by atomic mass is 127.